The van der Waals surface area contributed by atoms with Crippen LogP contribution in [0.2, 0.25) is 0 Å². The molecule has 11 nitrogen and oxygen atoms in total. The van der Waals surface area contributed by atoms with Crippen molar-refractivity contribution in [2.75, 3.05) is 13.2 Å². The minimum absolute atomic E-state index is 0.128. The zero-order valence-electron chi connectivity index (χ0n) is 57.2. The van der Waals surface area contributed by atoms with Crippen LogP contribution in [0.3, 0.4) is 0 Å². The predicted molar refractivity (Wildman–Crippen MR) is 366 cm³/mol. The van der Waals surface area contributed by atoms with E-state index in [0.717, 1.165) is 57.8 Å². The highest BCUT2D eigenvalue weighted by molar-refractivity contribution is 5.80. The number of esters is 1. The minimum atomic E-state index is -1.61. The molecule has 0 aliphatic carbocycles. The highest BCUT2D eigenvalue weighted by Gasteiger charge is 2.47. The van der Waals surface area contributed by atoms with Gasteiger partial charge in [0.1, 0.15) is 24.4 Å². The average Bonchev–Trinajstić information content (AvgIpc) is 2.93. The van der Waals surface area contributed by atoms with Gasteiger partial charge in [-0.1, -0.05) is 327 Å². The topological polar surface area (TPSA) is 175 Å². The largest absolute Gasteiger partial charge is 0.454 e. The van der Waals surface area contributed by atoms with E-state index in [-0.39, 0.29) is 13.0 Å². The van der Waals surface area contributed by atoms with Crippen LogP contribution in [0.25, 0.3) is 0 Å². The van der Waals surface area contributed by atoms with Gasteiger partial charge in [0, 0.05) is 6.42 Å². The van der Waals surface area contributed by atoms with E-state index in [1.807, 2.05) is 6.08 Å². The standard InChI is InChI=1S/C76H143NO10/c1-4-7-10-13-16-19-22-24-26-28-30-32-33-34-35-36-37-38-40-42-44-46-49-52-55-58-61-64-71(81)87-74-73(83)72(82)70(65-78)86-76(74)85-66-67(68(79)62-59-56-53-50-47-21-18-15-12-9-6-3)77-75(84)69(80)63-60-57-54-51-48-45-43-41-39-31-29-27-25-23-20-17-14-11-8-5-2/h24-27,59,62,67-70,72-74,76,78-80,82-83H,4-23,28-58,60-61,63-66H2,1-3H3,(H,77,84)/b26-24+,27-25+,62-59+. The van der Waals surface area contributed by atoms with E-state index < -0.39 is 67.4 Å². The number of nitrogens with one attached hydrogen (secondary N) is 1. The molecule has 1 amide bonds. The highest BCUT2D eigenvalue weighted by Crippen LogP contribution is 2.27. The van der Waals surface area contributed by atoms with E-state index in [9.17, 15) is 35.1 Å². The Hall–Kier alpha value is -2.12. The second-order valence-electron chi connectivity index (χ2n) is 26.4. The lowest BCUT2D eigenvalue weighted by atomic mass is 9.99. The van der Waals surface area contributed by atoms with E-state index in [1.165, 1.54) is 270 Å². The Kier molecular flexibility index (Phi) is 61.0. The van der Waals surface area contributed by atoms with Gasteiger partial charge in [-0.3, -0.25) is 9.59 Å². The van der Waals surface area contributed by atoms with Crippen LogP contribution in [0.4, 0.5) is 0 Å². The highest BCUT2D eigenvalue weighted by atomic mass is 16.7. The van der Waals surface area contributed by atoms with Crippen LogP contribution in [0, 0.1) is 0 Å². The van der Waals surface area contributed by atoms with E-state index in [4.69, 9.17) is 14.2 Å². The molecular formula is C76H143NO10. The number of hydrogen-bond acceptors (Lipinski definition) is 10. The second kappa shape index (κ2) is 64.0. The number of amides is 1. The monoisotopic (exact) mass is 1230 g/mol. The summed E-state index contributed by atoms with van der Waals surface area (Å²) in [7, 11) is 0. The number of hydrogen-bond donors (Lipinski definition) is 6. The van der Waals surface area contributed by atoms with Gasteiger partial charge >= 0.3 is 5.97 Å². The molecule has 1 saturated heterocycles. The fraction of sp³-hybridized carbons (Fsp3) is 0.895. The van der Waals surface area contributed by atoms with Crippen LogP contribution in [-0.4, -0.2) is 99.6 Å². The Bertz CT molecular complexity index is 1560. The van der Waals surface area contributed by atoms with Crippen LogP contribution in [0.15, 0.2) is 36.5 Å². The summed E-state index contributed by atoms with van der Waals surface area (Å²) in [6, 6.07) is -1.02. The molecular weight excluding hydrogens is 1090 g/mol. The zero-order chi connectivity index (χ0) is 63.1. The summed E-state index contributed by atoms with van der Waals surface area (Å²) < 4.78 is 17.7. The van der Waals surface area contributed by atoms with Gasteiger partial charge < -0.3 is 45.1 Å². The SMILES string of the molecule is CCCCCCCC/C=C/CCCCCCCCCCCCCCCCCCCC(=O)OC1C(OCC(NC(=O)C(O)CCCCCCCCCCCC/C=C/CCCCCCCC)C(O)/C=C/CCCCCCCCCCC)OC(CO)C(O)C1O. The molecule has 8 atom stereocenters. The summed E-state index contributed by atoms with van der Waals surface area (Å²) in [6.07, 6.45) is 69.2. The Morgan fingerprint density at radius 2 is 0.759 bits per heavy atom. The van der Waals surface area contributed by atoms with Gasteiger partial charge in [0.25, 0.3) is 0 Å². The maximum Gasteiger partial charge on any atom is 0.306 e. The third-order valence-electron chi connectivity index (χ3n) is 18.0. The molecule has 512 valence electrons. The first kappa shape index (κ1) is 82.9. The molecule has 0 spiro atoms. The molecule has 0 aromatic carbocycles. The number of allylic oxidation sites excluding steroid dienone is 5. The minimum Gasteiger partial charge on any atom is -0.454 e. The van der Waals surface area contributed by atoms with Crippen molar-refractivity contribution in [3.05, 3.63) is 36.5 Å². The first-order valence-corrected chi connectivity index (χ1v) is 37.8. The van der Waals surface area contributed by atoms with Gasteiger partial charge in [0.15, 0.2) is 12.4 Å². The molecule has 1 aliphatic rings. The molecule has 0 saturated carbocycles. The lowest BCUT2D eigenvalue weighted by Gasteiger charge is -2.41. The fourth-order valence-electron chi connectivity index (χ4n) is 12.1. The molecule has 1 fully saturated rings. The van der Waals surface area contributed by atoms with E-state index in [2.05, 4.69) is 50.4 Å². The molecule has 6 N–H and O–H groups in total. The molecule has 1 rings (SSSR count). The Labute approximate surface area is 536 Å². The molecule has 8 unspecified atom stereocenters. The Morgan fingerprint density at radius 1 is 0.437 bits per heavy atom. The Balaban J connectivity index is 2.49. The smallest absolute Gasteiger partial charge is 0.306 e. The Morgan fingerprint density at radius 3 is 1.11 bits per heavy atom. The number of aliphatic hydroxyl groups is 5. The van der Waals surface area contributed by atoms with Crippen LogP contribution in [0.5, 0.6) is 0 Å². The van der Waals surface area contributed by atoms with Crippen molar-refractivity contribution in [1.29, 1.82) is 0 Å². The molecule has 0 aromatic heterocycles. The van der Waals surface area contributed by atoms with Gasteiger partial charge in [-0.25, -0.2) is 0 Å². The quantitative estimate of drug-likeness (QED) is 0.0195. The number of aliphatic hydroxyl groups excluding tert-OH is 5. The number of carbonyl (C=O) groups excluding carboxylic acids is 2. The summed E-state index contributed by atoms with van der Waals surface area (Å²) in [5.41, 5.74) is 0. The van der Waals surface area contributed by atoms with Crippen molar-refractivity contribution < 1.29 is 49.3 Å². The lowest BCUT2D eigenvalue weighted by molar-refractivity contribution is -0.305. The van der Waals surface area contributed by atoms with Gasteiger partial charge in [-0.2, -0.15) is 0 Å². The molecule has 0 radical (unpaired) electrons. The third-order valence-corrected chi connectivity index (χ3v) is 18.0. The van der Waals surface area contributed by atoms with Crippen LogP contribution >= 0.6 is 0 Å². The number of unbranched alkanes of at least 4 members (excludes halogenated alkanes) is 48. The first-order valence-electron chi connectivity index (χ1n) is 37.8. The lowest BCUT2D eigenvalue weighted by Crippen LogP contribution is -2.61. The number of rotatable bonds is 66. The maximum absolute atomic E-state index is 13.5. The van der Waals surface area contributed by atoms with Crippen molar-refractivity contribution in [3.8, 4) is 0 Å². The van der Waals surface area contributed by atoms with Crippen molar-refractivity contribution in [2.45, 2.75) is 423 Å². The number of carbonyl (C=O) groups is 2. The van der Waals surface area contributed by atoms with Gasteiger partial charge in [0.05, 0.1) is 25.4 Å². The van der Waals surface area contributed by atoms with Crippen molar-refractivity contribution in [2.24, 2.45) is 0 Å². The number of ether oxygens (including phenoxy) is 3. The predicted octanol–water partition coefficient (Wildman–Crippen LogP) is 19.7. The summed E-state index contributed by atoms with van der Waals surface area (Å²) in [5.74, 6) is -1.18. The van der Waals surface area contributed by atoms with E-state index >= 15 is 0 Å². The van der Waals surface area contributed by atoms with Crippen LogP contribution in [-0.2, 0) is 23.8 Å². The summed E-state index contributed by atoms with van der Waals surface area (Å²) in [5, 5.41) is 57.3. The maximum atomic E-state index is 13.5. The third kappa shape index (κ3) is 51.1. The molecule has 1 aliphatic heterocycles. The molecule has 0 bridgehead atoms. The van der Waals surface area contributed by atoms with Crippen molar-refractivity contribution in [3.63, 3.8) is 0 Å². The van der Waals surface area contributed by atoms with Crippen molar-refractivity contribution in [1.82, 2.24) is 5.32 Å². The first-order chi connectivity index (χ1) is 42.7. The summed E-state index contributed by atoms with van der Waals surface area (Å²) in [4.78, 5) is 26.7. The van der Waals surface area contributed by atoms with Gasteiger partial charge in [-0.05, 0) is 77.0 Å². The normalized spacial score (nSPS) is 18.4. The summed E-state index contributed by atoms with van der Waals surface area (Å²) >= 11 is 0. The second-order valence-corrected chi connectivity index (χ2v) is 26.4. The van der Waals surface area contributed by atoms with E-state index in [0.29, 0.717) is 19.3 Å². The van der Waals surface area contributed by atoms with Gasteiger partial charge in [-0.15, -0.1) is 0 Å². The molecule has 1 heterocycles. The van der Waals surface area contributed by atoms with Crippen molar-refractivity contribution >= 4 is 11.9 Å². The zero-order valence-corrected chi connectivity index (χ0v) is 57.2. The molecule has 0 aromatic rings. The average molecular weight is 1230 g/mol. The fourth-order valence-corrected chi connectivity index (χ4v) is 12.1. The van der Waals surface area contributed by atoms with Gasteiger partial charge in [0.2, 0.25) is 5.91 Å². The van der Waals surface area contributed by atoms with Crippen LogP contribution in [0.1, 0.15) is 374 Å². The molecule has 11 heteroatoms. The van der Waals surface area contributed by atoms with Crippen LogP contribution < -0.4 is 5.32 Å². The van der Waals surface area contributed by atoms with E-state index in [1.54, 1.807) is 6.08 Å². The summed E-state index contributed by atoms with van der Waals surface area (Å²) in [6.45, 7) is 5.83. The molecule has 87 heavy (non-hydrogen) atoms.